The summed E-state index contributed by atoms with van der Waals surface area (Å²) in [6.45, 7) is 7.84. The first-order valence-electron chi connectivity index (χ1n) is 5.43. The third-order valence-electron chi connectivity index (χ3n) is 2.81. The first-order chi connectivity index (χ1) is 7.23. The first-order valence-corrected chi connectivity index (χ1v) is 5.81. The number of hydrogen-bond acceptors (Lipinski definition) is 2. The van der Waals surface area contributed by atoms with E-state index in [9.17, 15) is 5.11 Å². The normalized spacial score (nSPS) is 15.9. The van der Waals surface area contributed by atoms with Crippen LogP contribution in [0.15, 0.2) is 18.2 Å². The van der Waals surface area contributed by atoms with E-state index >= 15 is 0 Å². The van der Waals surface area contributed by atoms with E-state index in [1.54, 1.807) is 0 Å². The Kier molecular flexibility index (Phi) is 4.00. The highest BCUT2D eigenvalue weighted by molar-refractivity contribution is 6.31. The van der Waals surface area contributed by atoms with Crippen LogP contribution in [-0.4, -0.2) is 11.2 Å². The van der Waals surface area contributed by atoms with Crippen molar-refractivity contribution in [3.8, 4) is 0 Å². The van der Waals surface area contributed by atoms with E-state index in [2.05, 4.69) is 0 Å². The monoisotopic (exact) mass is 241 g/mol. The molecule has 0 aliphatic carbocycles. The van der Waals surface area contributed by atoms with Crippen LogP contribution in [0.1, 0.15) is 37.9 Å². The number of aliphatic hydroxyl groups is 1. The lowest BCUT2D eigenvalue weighted by Crippen LogP contribution is -2.36. The number of benzene rings is 1. The lowest BCUT2D eigenvalue weighted by Gasteiger charge is -2.31. The summed E-state index contributed by atoms with van der Waals surface area (Å²) in [5, 5.41) is 10.8. The Bertz CT molecular complexity index is 371. The summed E-state index contributed by atoms with van der Waals surface area (Å²) in [4.78, 5) is 0. The number of nitrogens with two attached hydrogens (primary N) is 1. The van der Waals surface area contributed by atoms with Crippen LogP contribution >= 0.6 is 11.6 Å². The van der Waals surface area contributed by atoms with Gasteiger partial charge in [-0.15, -0.1) is 0 Å². The molecule has 16 heavy (non-hydrogen) atoms. The molecule has 0 aliphatic heterocycles. The number of aliphatic hydroxyl groups excluding tert-OH is 1. The summed E-state index contributed by atoms with van der Waals surface area (Å²) >= 11 is 6.04. The molecule has 3 heteroatoms. The zero-order chi connectivity index (χ0) is 12.5. The van der Waals surface area contributed by atoms with Gasteiger partial charge in [0.1, 0.15) is 0 Å². The number of hydrogen-bond donors (Lipinski definition) is 2. The Morgan fingerprint density at radius 2 is 1.88 bits per heavy atom. The van der Waals surface area contributed by atoms with Gasteiger partial charge >= 0.3 is 0 Å². The lowest BCUT2D eigenvalue weighted by atomic mass is 9.82. The summed E-state index contributed by atoms with van der Waals surface area (Å²) in [6.07, 6.45) is -0.591. The van der Waals surface area contributed by atoms with Crippen molar-refractivity contribution in [3.05, 3.63) is 34.3 Å². The zero-order valence-electron chi connectivity index (χ0n) is 10.3. The molecule has 3 N–H and O–H groups in total. The second kappa shape index (κ2) is 4.74. The number of aryl methyl sites for hydroxylation is 1. The van der Waals surface area contributed by atoms with Gasteiger partial charge in [0.2, 0.25) is 0 Å². The molecule has 1 aromatic rings. The van der Waals surface area contributed by atoms with Crippen molar-refractivity contribution >= 4 is 11.6 Å². The minimum Gasteiger partial charge on any atom is -0.391 e. The predicted molar refractivity (Wildman–Crippen MR) is 68.6 cm³/mol. The number of halogens is 1. The van der Waals surface area contributed by atoms with E-state index in [4.69, 9.17) is 17.3 Å². The smallest absolute Gasteiger partial charge is 0.0780 e. The molecule has 0 radical (unpaired) electrons. The summed E-state index contributed by atoms with van der Waals surface area (Å²) < 4.78 is 0. The third kappa shape index (κ3) is 2.97. The molecule has 0 amide bonds. The van der Waals surface area contributed by atoms with Gasteiger partial charge in [0.25, 0.3) is 0 Å². The van der Waals surface area contributed by atoms with Gasteiger partial charge in [0.05, 0.1) is 12.1 Å². The van der Waals surface area contributed by atoms with E-state index in [-0.39, 0.29) is 5.41 Å². The molecule has 0 unspecified atom stereocenters. The van der Waals surface area contributed by atoms with Crippen molar-refractivity contribution in [1.29, 1.82) is 0 Å². The van der Waals surface area contributed by atoms with Crippen molar-refractivity contribution in [1.82, 2.24) is 0 Å². The van der Waals surface area contributed by atoms with Crippen LogP contribution in [0.3, 0.4) is 0 Å². The molecular formula is C13H20ClNO. The summed E-state index contributed by atoms with van der Waals surface area (Å²) in [5.74, 6) is 0. The van der Waals surface area contributed by atoms with E-state index in [1.807, 2.05) is 45.9 Å². The fourth-order valence-corrected chi connectivity index (χ4v) is 1.73. The van der Waals surface area contributed by atoms with Crippen molar-refractivity contribution in [2.75, 3.05) is 0 Å². The maximum atomic E-state index is 10.1. The first kappa shape index (κ1) is 13.5. The van der Waals surface area contributed by atoms with Gasteiger partial charge in [0.15, 0.2) is 0 Å². The lowest BCUT2D eigenvalue weighted by molar-refractivity contribution is 0.0401. The predicted octanol–water partition coefficient (Wildman–Crippen LogP) is 3.06. The third-order valence-corrected chi connectivity index (χ3v) is 3.22. The highest BCUT2D eigenvalue weighted by Gasteiger charge is 2.29. The van der Waals surface area contributed by atoms with Gasteiger partial charge in [-0.2, -0.15) is 0 Å². The van der Waals surface area contributed by atoms with Gasteiger partial charge in [-0.3, -0.25) is 0 Å². The molecule has 1 aromatic carbocycles. The largest absolute Gasteiger partial charge is 0.391 e. The Labute approximate surface area is 102 Å². The van der Waals surface area contributed by atoms with Crippen LogP contribution in [0.5, 0.6) is 0 Å². The van der Waals surface area contributed by atoms with Gasteiger partial charge in [-0.05, 0) is 29.5 Å². The Morgan fingerprint density at radius 1 is 1.31 bits per heavy atom. The maximum absolute atomic E-state index is 10.1. The van der Waals surface area contributed by atoms with Crippen molar-refractivity contribution in [2.45, 2.75) is 39.8 Å². The average molecular weight is 242 g/mol. The molecule has 0 saturated heterocycles. The minimum absolute atomic E-state index is 0.239. The molecule has 0 bridgehead atoms. The Balaban J connectivity index is 2.97. The fourth-order valence-electron chi connectivity index (χ4n) is 1.54. The topological polar surface area (TPSA) is 46.2 Å². The standard InChI is InChI=1S/C13H20ClNO/c1-8-5-6-9(7-10(8)14)11(15)12(16)13(2,3)4/h5-7,11-12,16H,15H2,1-4H3/t11-,12-/m0/s1. The molecule has 0 aliphatic rings. The minimum atomic E-state index is -0.591. The zero-order valence-corrected chi connectivity index (χ0v) is 11.0. The molecule has 2 atom stereocenters. The highest BCUT2D eigenvalue weighted by atomic mass is 35.5. The molecular weight excluding hydrogens is 222 g/mol. The molecule has 2 nitrogen and oxygen atoms in total. The van der Waals surface area contributed by atoms with E-state index in [0.29, 0.717) is 5.02 Å². The molecule has 0 fully saturated rings. The van der Waals surface area contributed by atoms with Crippen LogP contribution in [0.25, 0.3) is 0 Å². The van der Waals surface area contributed by atoms with Crippen LogP contribution in [0, 0.1) is 12.3 Å². The quantitative estimate of drug-likeness (QED) is 0.836. The molecule has 1 rings (SSSR count). The maximum Gasteiger partial charge on any atom is 0.0780 e. The van der Waals surface area contributed by atoms with Crippen LogP contribution in [-0.2, 0) is 0 Å². The summed E-state index contributed by atoms with van der Waals surface area (Å²) in [5.41, 5.74) is 7.69. The highest BCUT2D eigenvalue weighted by Crippen LogP contribution is 2.30. The van der Waals surface area contributed by atoms with Crippen molar-refractivity contribution in [2.24, 2.45) is 11.1 Å². The second-order valence-electron chi connectivity index (χ2n) is 5.35. The summed E-state index contributed by atoms with van der Waals surface area (Å²) in [7, 11) is 0. The van der Waals surface area contributed by atoms with Gasteiger partial charge in [-0.1, -0.05) is 44.5 Å². The molecule has 0 saturated carbocycles. The van der Waals surface area contributed by atoms with Crippen LogP contribution < -0.4 is 5.73 Å². The molecule has 0 spiro atoms. The Hall–Kier alpha value is -0.570. The van der Waals surface area contributed by atoms with Gasteiger partial charge < -0.3 is 10.8 Å². The summed E-state index contributed by atoms with van der Waals surface area (Å²) in [6, 6.07) is 5.27. The molecule has 0 aromatic heterocycles. The molecule has 90 valence electrons. The second-order valence-corrected chi connectivity index (χ2v) is 5.75. The van der Waals surface area contributed by atoms with Crippen LogP contribution in [0.2, 0.25) is 5.02 Å². The molecule has 0 heterocycles. The van der Waals surface area contributed by atoms with E-state index < -0.39 is 12.1 Å². The average Bonchev–Trinajstić information content (AvgIpc) is 2.18. The van der Waals surface area contributed by atoms with E-state index in [1.165, 1.54) is 0 Å². The van der Waals surface area contributed by atoms with Crippen LogP contribution in [0.4, 0.5) is 0 Å². The van der Waals surface area contributed by atoms with Crippen molar-refractivity contribution in [3.63, 3.8) is 0 Å². The SMILES string of the molecule is Cc1ccc([C@H](N)[C@H](O)C(C)(C)C)cc1Cl. The van der Waals surface area contributed by atoms with Gasteiger partial charge in [0, 0.05) is 5.02 Å². The fraction of sp³-hybridized carbons (Fsp3) is 0.538. The number of rotatable bonds is 2. The van der Waals surface area contributed by atoms with Gasteiger partial charge in [-0.25, -0.2) is 0 Å². The Morgan fingerprint density at radius 3 is 2.31 bits per heavy atom. The van der Waals surface area contributed by atoms with Crippen molar-refractivity contribution < 1.29 is 5.11 Å². The van der Waals surface area contributed by atoms with E-state index in [0.717, 1.165) is 11.1 Å².